The van der Waals surface area contributed by atoms with Gasteiger partial charge in [-0.25, -0.2) is 4.99 Å². The van der Waals surface area contributed by atoms with E-state index >= 15 is 0 Å². The van der Waals surface area contributed by atoms with Gasteiger partial charge in [-0.2, -0.15) is 0 Å². The molecule has 0 aliphatic carbocycles. The van der Waals surface area contributed by atoms with Gasteiger partial charge in [0.25, 0.3) is 0 Å². The fraction of sp³-hybridized carbons (Fsp3) is 0.591. The van der Waals surface area contributed by atoms with Crippen molar-refractivity contribution >= 4 is 47.4 Å². The summed E-state index contributed by atoms with van der Waals surface area (Å²) in [7, 11) is 0. The molecule has 0 saturated carbocycles. The summed E-state index contributed by atoms with van der Waals surface area (Å²) in [6.45, 7) is 10.1. The first-order valence-electron chi connectivity index (χ1n) is 10.8. The van der Waals surface area contributed by atoms with E-state index in [1.807, 2.05) is 54.8 Å². The van der Waals surface area contributed by atoms with E-state index in [1.165, 1.54) is 0 Å². The molecule has 0 aromatic heterocycles. The Morgan fingerprint density at radius 2 is 1.80 bits per heavy atom. The second-order valence-electron chi connectivity index (χ2n) is 7.11. The van der Waals surface area contributed by atoms with Crippen LogP contribution in [0, 0.1) is 0 Å². The highest BCUT2D eigenvalue weighted by Crippen LogP contribution is 2.21. The van der Waals surface area contributed by atoms with Crippen LogP contribution in [0.3, 0.4) is 0 Å². The minimum Gasteiger partial charge on any atom is -0.357 e. The lowest BCUT2D eigenvalue weighted by atomic mass is 10.1. The van der Waals surface area contributed by atoms with Crippen molar-refractivity contribution in [3.8, 4) is 0 Å². The van der Waals surface area contributed by atoms with E-state index in [-0.39, 0.29) is 35.8 Å². The number of aliphatic imine (C=N–C) groups is 1. The Balaban J connectivity index is 0.00000450. The molecule has 0 radical (unpaired) electrons. The molecule has 0 bridgehead atoms. The van der Waals surface area contributed by atoms with E-state index < -0.39 is 0 Å². The zero-order valence-electron chi connectivity index (χ0n) is 18.4. The van der Waals surface area contributed by atoms with Crippen molar-refractivity contribution < 1.29 is 9.59 Å². The lowest BCUT2D eigenvalue weighted by molar-refractivity contribution is -0.130. The maximum absolute atomic E-state index is 12.1. The van der Waals surface area contributed by atoms with Crippen LogP contribution in [0.25, 0.3) is 0 Å². The number of halogens is 1. The van der Waals surface area contributed by atoms with E-state index in [2.05, 4.69) is 15.6 Å². The van der Waals surface area contributed by atoms with Crippen molar-refractivity contribution in [1.82, 2.24) is 15.5 Å². The Morgan fingerprint density at radius 3 is 2.40 bits per heavy atom. The summed E-state index contributed by atoms with van der Waals surface area (Å²) in [5, 5.41) is 6.45. The van der Waals surface area contributed by atoms with Gasteiger partial charge in [0.05, 0.1) is 6.54 Å². The Labute approximate surface area is 197 Å². The van der Waals surface area contributed by atoms with Crippen LogP contribution in [0.5, 0.6) is 0 Å². The summed E-state index contributed by atoms with van der Waals surface area (Å²) in [6.07, 6.45) is 3.14. The molecule has 1 heterocycles. The number of carbonyl (C=O) groups excluding carboxylic acids is 2. The molecule has 168 valence electrons. The zero-order chi connectivity index (χ0) is 21.1. The minimum atomic E-state index is 0. The van der Waals surface area contributed by atoms with Crippen LogP contribution in [0.2, 0.25) is 0 Å². The van der Waals surface area contributed by atoms with Gasteiger partial charge in [0.15, 0.2) is 5.96 Å². The number of carbonyl (C=O) groups is 2. The fourth-order valence-corrected chi connectivity index (χ4v) is 3.39. The SMILES string of the molecule is CCNC(=NCc1ccc(N2CCCCC2=O)cc1)NCCC(=O)N(CC)CC.I. The summed E-state index contributed by atoms with van der Waals surface area (Å²) in [4.78, 5) is 32.5. The lowest BCUT2D eigenvalue weighted by Gasteiger charge is -2.26. The van der Waals surface area contributed by atoms with Gasteiger partial charge in [0, 0.05) is 51.3 Å². The van der Waals surface area contributed by atoms with Gasteiger partial charge in [-0.3, -0.25) is 9.59 Å². The first-order valence-corrected chi connectivity index (χ1v) is 10.8. The predicted octanol–water partition coefficient (Wildman–Crippen LogP) is 3.14. The fourth-order valence-electron chi connectivity index (χ4n) is 3.39. The molecule has 2 N–H and O–H groups in total. The molecule has 1 aromatic rings. The average Bonchev–Trinajstić information content (AvgIpc) is 2.74. The van der Waals surface area contributed by atoms with Crippen molar-refractivity contribution in [2.45, 2.75) is 53.0 Å². The van der Waals surface area contributed by atoms with E-state index in [4.69, 9.17) is 0 Å². The molecular weight excluding hydrogens is 493 g/mol. The standard InChI is InChI=1S/C22H35N5O2.HI/c1-4-23-22(24-15-14-20(28)26(5-2)6-3)25-17-18-10-12-19(13-11-18)27-16-8-7-9-21(27)29;/h10-13H,4-9,14-17H2,1-3H3,(H2,23,24,25);1H. The molecule has 1 saturated heterocycles. The molecule has 7 nitrogen and oxygen atoms in total. The number of guanidine groups is 1. The molecule has 1 fully saturated rings. The van der Waals surface area contributed by atoms with Gasteiger partial charge < -0.3 is 20.4 Å². The molecule has 0 unspecified atom stereocenters. The summed E-state index contributed by atoms with van der Waals surface area (Å²) < 4.78 is 0. The monoisotopic (exact) mass is 529 g/mol. The first-order chi connectivity index (χ1) is 14.1. The van der Waals surface area contributed by atoms with Crippen LogP contribution in [0.1, 0.15) is 52.0 Å². The van der Waals surface area contributed by atoms with Crippen LogP contribution in [-0.2, 0) is 16.1 Å². The topological polar surface area (TPSA) is 77.0 Å². The van der Waals surface area contributed by atoms with Crippen LogP contribution < -0.4 is 15.5 Å². The maximum atomic E-state index is 12.1. The largest absolute Gasteiger partial charge is 0.357 e. The quantitative estimate of drug-likeness (QED) is 0.293. The molecule has 0 spiro atoms. The summed E-state index contributed by atoms with van der Waals surface area (Å²) in [6, 6.07) is 8.04. The Kier molecular flexibility index (Phi) is 12.4. The van der Waals surface area contributed by atoms with Gasteiger partial charge in [-0.15, -0.1) is 24.0 Å². The molecule has 1 aliphatic rings. The molecule has 1 aliphatic heterocycles. The highest BCUT2D eigenvalue weighted by atomic mass is 127. The number of hydrogen-bond donors (Lipinski definition) is 2. The Hall–Kier alpha value is -1.84. The van der Waals surface area contributed by atoms with E-state index in [9.17, 15) is 9.59 Å². The van der Waals surface area contributed by atoms with Crippen LogP contribution in [0.4, 0.5) is 5.69 Å². The highest BCUT2D eigenvalue weighted by molar-refractivity contribution is 14.0. The highest BCUT2D eigenvalue weighted by Gasteiger charge is 2.19. The third-order valence-electron chi connectivity index (χ3n) is 5.08. The predicted molar refractivity (Wildman–Crippen MR) is 133 cm³/mol. The molecule has 2 rings (SSSR count). The van der Waals surface area contributed by atoms with Gasteiger partial charge in [-0.05, 0) is 51.3 Å². The Bertz CT molecular complexity index is 689. The van der Waals surface area contributed by atoms with Crippen molar-refractivity contribution in [3.63, 3.8) is 0 Å². The number of amides is 2. The van der Waals surface area contributed by atoms with Crippen molar-refractivity contribution in [1.29, 1.82) is 0 Å². The second-order valence-corrected chi connectivity index (χ2v) is 7.11. The summed E-state index contributed by atoms with van der Waals surface area (Å²) in [5.41, 5.74) is 2.04. The number of rotatable bonds is 9. The molecular formula is C22H36IN5O2. The molecule has 1 aromatic carbocycles. The van der Waals surface area contributed by atoms with Gasteiger partial charge in [0.1, 0.15) is 0 Å². The van der Waals surface area contributed by atoms with Crippen LogP contribution in [0.15, 0.2) is 29.3 Å². The molecule has 8 heteroatoms. The number of benzene rings is 1. The maximum Gasteiger partial charge on any atom is 0.226 e. The van der Waals surface area contributed by atoms with Gasteiger partial charge in [0.2, 0.25) is 11.8 Å². The smallest absolute Gasteiger partial charge is 0.226 e. The molecule has 30 heavy (non-hydrogen) atoms. The number of anilines is 1. The number of nitrogens with one attached hydrogen (secondary N) is 2. The molecule has 0 atom stereocenters. The first kappa shape index (κ1) is 26.2. The van der Waals surface area contributed by atoms with E-state index in [0.717, 1.165) is 50.3 Å². The lowest BCUT2D eigenvalue weighted by Crippen LogP contribution is -2.40. The van der Waals surface area contributed by atoms with Crippen LogP contribution >= 0.6 is 24.0 Å². The number of nitrogens with zero attached hydrogens (tertiary/aromatic N) is 3. The van der Waals surface area contributed by atoms with Crippen molar-refractivity contribution in [2.75, 3.05) is 37.6 Å². The average molecular weight is 529 g/mol. The Morgan fingerprint density at radius 1 is 1.10 bits per heavy atom. The van der Waals surface area contributed by atoms with E-state index in [1.54, 1.807) is 0 Å². The van der Waals surface area contributed by atoms with E-state index in [0.29, 0.717) is 31.9 Å². The number of hydrogen-bond acceptors (Lipinski definition) is 3. The van der Waals surface area contributed by atoms with Crippen molar-refractivity contribution in [3.05, 3.63) is 29.8 Å². The zero-order valence-corrected chi connectivity index (χ0v) is 20.8. The second kappa shape index (κ2) is 14.2. The van der Waals surface area contributed by atoms with Crippen LogP contribution in [-0.4, -0.2) is 55.4 Å². The third-order valence-corrected chi connectivity index (χ3v) is 5.08. The molecule has 2 amide bonds. The summed E-state index contributed by atoms with van der Waals surface area (Å²) >= 11 is 0. The van der Waals surface area contributed by atoms with Gasteiger partial charge >= 0.3 is 0 Å². The normalized spacial score (nSPS) is 14.2. The minimum absolute atomic E-state index is 0. The number of piperidine rings is 1. The summed E-state index contributed by atoms with van der Waals surface area (Å²) in [5.74, 6) is 1.07. The third kappa shape index (κ3) is 8.12. The van der Waals surface area contributed by atoms with Gasteiger partial charge in [-0.1, -0.05) is 12.1 Å². The van der Waals surface area contributed by atoms with Crippen molar-refractivity contribution in [2.24, 2.45) is 4.99 Å².